The number of rotatable bonds is 7. The number of aromatic nitrogens is 3. The van der Waals surface area contributed by atoms with E-state index in [1.807, 2.05) is 9.47 Å². The lowest BCUT2D eigenvalue weighted by molar-refractivity contribution is -0.137. The Morgan fingerprint density at radius 3 is 2.44 bits per heavy atom. The molecule has 1 fully saturated rings. The molecule has 1 aromatic carbocycles. The van der Waals surface area contributed by atoms with Gasteiger partial charge >= 0.3 is 12.3 Å². The summed E-state index contributed by atoms with van der Waals surface area (Å²) in [5, 5.41) is 8.13. The van der Waals surface area contributed by atoms with Gasteiger partial charge in [0.25, 0.3) is 5.91 Å². The molecule has 0 radical (unpaired) electrons. The largest absolute Gasteiger partial charge is 0.442 e. The molecule has 2 aliphatic carbocycles. The zero-order chi connectivity index (χ0) is 31.1. The average molecular weight is 598 g/mol. The fourth-order valence-corrected chi connectivity index (χ4v) is 5.61. The highest BCUT2D eigenvalue weighted by molar-refractivity contribution is 5.96. The highest BCUT2D eigenvalue weighted by Crippen LogP contribution is 2.36. The molecule has 0 spiro atoms. The van der Waals surface area contributed by atoms with Crippen molar-refractivity contribution in [3.63, 3.8) is 0 Å². The molecular weight excluding hydrogens is 563 g/mol. The SMILES string of the molecule is Cc1c(C(=O)N(C2CC2)C2CCc3nn(C(=O)OC(C)(C)C)cc3C2)cc(CN=[N+]=[N-])n1Cc1ccc(C(F)(F)F)cc1. The third-order valence-corrected chi connectivity index (χ3v) is 7.80. The topological polar surface area (TPSA) is 118 Å². The second-order valence-electron chi connectivity index (χ2n) is 12.2. The van der Waals surface area contributed by atoms with Crippen LogP contribution >= 0.6 is 0 Å². The first-order chi connectivity index (χ1) is 20.2. The van der Waals surface area contributed by atoms with Gasteiger partial charge in [-0.3, -0.25) is 4.79 Å². The highest BCUT2D eigenvalue weighted by Gasteiger charge is 2.40. The number of benzene rings is 1. The minimum absolute atomic E-state index is 0.00861. The monoisotopic (exact) mass is 597 g/mol. The Morgan fingerprint density at radius 1 is 1.14 bits per heavy atom. The molecule has 2 aromatic heterocycles. The average Bonchev–Trinajstić information content (AvgIpc) is 3.58. The zero-order valence-corrected chi connectivity index (χ0v) is 24.6. The third-order valence-electron chi connectivity index (χ3n) is 7.80. The minimum Gasteiger partial charge on any atom is -0.442 e. The number of fused-ring (bicyclic) bond motifs is 1. The number of hydrogen-bond donors (Lipinski definition) is 0. The molecule has 43 heavy (non-hydrogen) atoms. The second-order valence-corrected chi connectivity index (χ2v) is 12.2. The molecule has 1 atom stereocenters. The molecule has 5 rings (SSSR count). The van der Waals surface area contributed by atoms with Crippen LogP contribution in [0.5, 0.6) is 0 Å². The first kappa shape index (κ1) is 30.2. The van der Waals surface area contributed by atoms with Crippen LogP contribution in [0.2, 0.25) is 0 Å². The molecule has 2 aliphatic rings. The number of nitrogens with zero attached hydrogens (tertiary/aromatic N) is 7. The lowest BCUT2D eigenvalue weighted by Crippen LogP contribution is -2.45. The normalized spacial score (nSPS) is 16.8. The van der Waals surface area contributed by atoms with Crippen LogP contribution in [0.3, 0.4) is 0 Å². The van der Waals surface area contributed by atoms with Crippen LogP contribution in [0.4, 0.5) is 18.0 Å². The van der Waals surface area contributed by atoms with E-state index in [-0.39, 0.29) is 31.1 Å². The summed E-state index contributed by atoms with van der Waals surface area (Å²) in [6.45, 7) is 7.38. The van der Waals surface area contributed by atoms with Crippen molar-refractivity contribution in [2.24, 2.45) is 5.11 Å². The zero-order valence-electron chi connectivity index (χ0n) is 24.6. The van der Waals surface area contributed by atoms with Crippen LogP contribution < -0.4 is 0 Å². The van der Waals surface area contributed by atoms with Gasteiger partial charge in [-0.1, -0.05) is 17.2 Å². The predicted molar refractivity (Wildman–Crippen MR) is 151 cm³/mol. The summed E-state index contributed by atoms with van der Waals surface area (Å²) in [4.78, 5) is 31.5. The Kier molecular flexibility index (Phi) is 8.04. The third kappa shape index (κ3) is 6.72. The van der Waals surface area contributed by atoms with E-state index >= 15 is 0 Å². The maximum Gasteiger partial charge on any atom is 0.435 e. The van der Waals surface area contributed by atoms with Gasteiger partial charge in [0, 0.05) is 41.1 Å². The summed E-state index contributed by atoms with van der Waals surface area (Å²) in [5.74, 6) is -0.138. The summed E-state index contributed by atoms with van der Waals surface area (Å²) in [5.41, 5.74) is 11.6. The maximum atomic E-state index is 14.2. The molecule has 1 unspecified atom stereocenters. The number of azide groups is 1. The molecule has 1 amide bonds. The van der Waals surface area contributed by atoms with Gasteiger partial charge in [-0.25, -0.2) is 4.79 Å². The van der Waals surface area contributed by atoms with E-state index in [0.717, 1.165) is 36.2 Å². The number of halogens is 3. The van der Waals surface area contributed by atoms with Crippen LogP contribution in [0, 0.1) is 6.92 Å². The van der Waals surface area contributed by atoms with Gasteiger partial charge < -0.3 is 14.2 Å². The Labute approximate surface area is 247 Å². The lowest BCUT2D eigenvalue weighted by atomic mass is 9.91. The van der Waals surface area contributed by atoms with E-state index in [0.29, 0.717) is 41.8 Å². The number of hydrogen-bond acceptors (Lipinski definition) is 5. The molecule has 13 heteroatoms. The van der Waals surface area contributed by atoms with Crippen molar-refractivity contribution in [3.8, 4) is 0 Å². The molecule has 0 N–H and O–H groups in total. The number of amides is 1. The van der Waals surface area contributed by atoms with Gasteiger partial charge in [0.05, 0.1) is 23.4 Å². The molecule has 10 nitrogen and oxygen atoms in total. The van der Waals surface area contributed by atoms with Crippen LogP contribution in [-0.4, -0.2) is 48.9 Å². The van der Waals surface area contributed by atoms with Crippen molar-refractivity contribution >= 4 is 12.0 Å². The summed E-state index contributed by atoms with van der Waals surface area (Å²) >= 11 is 0. The number of ether oxygens (including phenoxy) is 1. The van der Waals surface area contributed by atoms with Crippen molar-refractivity contribution in [1.82, 2.24) is 19.2 Å². The Hall–Kier alpha value is -4.25. The molecule has 2 heterocycles. The Morgan fingerprint density at radius 2 is 1.84 bits per heavy atom. The maximum absolute atomic E-state index is 14.2. The predicted octanol–water partition coefficient (Wildman–Crippen LogP) is 6.82. The highest BCUT2D eigenvalue weighted by atomic mass is 19.4. The van der Waals surface area contributed by atoms with Crippen LogP contribution in [0.15, 0.2) is 41.6 Å². The quantitative estimate of drug-likeness (QED) is 0.169. The van der Waals surface area contributed by atoms with Crippen LogP contribution in [-0.2, 0) is 36.8 Å². The van der Waals surface area contributed by atoms with Crippen molar-refractivity contribution in [2.45, 2.75) is 96.7 Å². The summed E-state index contributed by atoms with van der Waals surface area (Å²) in [6.07, 6.45) is 0.346. The molecule has 228 valence electrons. The number of carbonyl (C=O) groups is 2. The fraction of sp³-hybridized carbons (Fsp3) is 0.500. The fourth-order valence-electron chi connectivity index (χ4n) is 5.61. The van der Waals surface area contributed by atoms with Gasteiger partial charge in [0.15, 0.2) is 0 Å². The molecular formula is C30H34F3N7O3. The van der Waals surface area contributed by atoms with Crippen molar-refractivity contribution < 1.29 is 27.5 Å². The lowest BCUT2D eigenvalue weighted by Gasteiger charge is -2.34. The van der Waals surface area contributed by atoms with Crippen molar-refractivity contribution in [2.75, 3.05) is 0 Å². The standard InChI is InChI=1S/C30H34F3N7O3/c1-18-25(14-24(15-35-37-34)38(18)16-19-5-7-21(8-6-19)30(31,32)33)27(41)40(22-9-10-22)23-11-12-26-20(13-23)17-39(36-26)28(42)43-29(2,3)4/h5-8,14,17,22-23H,9-13,15-16H2,1-4H3. The molecule has 1 saturated carbocycles. The van der Waals surface area contributed by atoms with Gasteiger partial charge in [0.2, 0.25) is 0 Å². The molecule has 0 bridgehead atoms. The second kappa shape index (κ2) is 11.4. The van der Waals surface area contributed by atoms with Gasteiger partial charge in [-0.2, -0.15) is 23.0 Å². The molecule has 0 saturated heterocycles. The van der Waals surface area contributed by atoms with E-state index < -0.39 is 23.4 Å². The van der Waals surface area contributed by atoms with E-state index in [2.05, 4.69) is 15.1 Å². The van der Waals surface area contributed by atoms with E-state index in [1.54, 1.807) is 40.0 Å². The Balaban J connectivity index is 1.40. The van der Waals surface area contributed by atoms with Gasteiger partial charge in [0.1, 0.15) is 5.60 Å². The van der Waals surface area contributed by atoms with Crippen LogP contribution in [0.25, 0.3) is 10.4 Å². The smallest absolute Gasteiger partial charge is 0.435 e. The van der Waals surface area contributed by atoms with E-state index in [9.17, 15) is 22.8 Å². The minimum atomic E-state index is -4.44. The van der Waals surface area contributed by atoms with Crippen molar-refractivity contribution in [1.29, 1.82) is 0 Å². The van der Waals surface area contributed by atoms with E-state index in [4.69, 9.17) is 10.3 Å². The summed E-state index contributed by atoms with van der Waals surface area (Å²) in [6, 6.07) is 6.61. The number of carbonyl (C=O) groups excluding carboxylic acids is 2. The van der Waals surface area contributed by atoms with E-state index in [1.165, 1.54) is 16.8 Å². The molecule has 3 aromatic rings. The van der Waals surface area contributed by atoms with Crippen LogP contribution in [0.1, 0.15) is 84.2 Å². The number of alkyl halides is 3. The van der Waals surface area contributed by atoms with Gasteiger partial charge in [-0.05, 0) is 94.7 Å². The molecule has 0 aliphatic heterocycles. The number of aryl methyl sites for hydroxylation is 1. The van der Waals surface area contributed by atoms with Crippen molar-refractivity contribution in [3.05, 3.63) is 86.3 Å². The first-order valence-electron chi connectivity index (χ1n) is 14.2. The summed E-state index contributed by atoms with van der Waals surface area (Å²) in [7, 11) is 0. The van der Waals surface area contributed by atoms with Gasteiger partial charge in [-0.15, -0.1) is 0 Å². The summed E-state index contributed by atoms with van der Waals surface area (Å²) < 4.78 is 47.7. The first-order valence-corrected chi connectivity index (χ1v) is 14.2. The Bertz CT molecular complexity index is 1570.